The summed E-state index contributed by atoms with van der Waals surface area (Å²) in [5, 5.41) is 1.10. The van der Waals surface area contributed by atoms with E-state index in [1.165, 1.54) is 12.8 Å². The first-order chi connectivity index (χ1) is 9.72. The number of nitrogens with two attached hydrogens (primary N) is 1. The molecule has 108 valence electrons. The molecule has 2 N–H and O–H groups in total. The molecule has 20 heavy (non-hydrogen) atoms. The van der Waals surface area contributed by atoms with Crippen LogP contribution in [0.25, 0.3) is 11.0 Å². The maximum Gasteiger partial charge on any atom is 0.134 e. The molecule has 1 aliphatic rings. The van der Waals surface area contributed by atoms with Gasteiger partial charge in [0.25, 0.3) is 0 Å². The topological polar surface area (TPSA) is 48.4 Å². The molecule has 1 aromatic heterocycles. The summed E-state index contributed by atoms with van der Waals surface area (Å²) in [6.07, 6.45) is 5.23. The van der Waals surface area contributed by atoms with E-state index in [1.54, 1.807) is 0 Å². The number of rotatable bonds is 4. The Bertz CT molecular complexity index is 522. The third-order valence-electron chi connectivity index (χ3n) is 4.28. The van der Waals surface area contributed by atoms with E-state index in [-0.39, 0.29) is 6.04 Å². The van der Waals surface area contributed by atoms with Crippen LogP contribution in [0.4, 0.5) is 0 Å². The van der Waals surface area contributed by atoms with Crippen molar-refractivity contribution in [2.24, 2.45) is 11.7 Å². The SMILES string of the molecule is CC1CCC(OCC(N)c2cc3ccccc3o2)CC1. The van der Waals surface area contributed by atoms with Crippen molar-refractivity contribution in [1.29, 1.82) is 0 Å². The third kappa shape index (κ3) is 3.05. The Labute approximate surface area is 120 Å². The average Bonchev–Trinajstić information content (AvgIpc) is 2.90. The van der Waals surface area contributed by atoms with Crippen molar-refractivity contribution >= 4 is 11.0 Å². The van der Waals surface area contributed by atoms with Crippen molar-refractivity contribution in [3.63, 3.8) is 0 Å². The number of hydrogen-bond acceptors (Lipinski definition) is 3. The molecule has 0 saturated heterocycles. The van der Waals surface area contributed by atoms with Crippen LogP contribution in [0.2, 0.25) is 0 Å². The lowest BCUT2D eigenvalue weighted by Gasteiger charge is -2.27. The number of fused-ring (bicyclic) bond motifs is 1. The Kier molecular flexibility index (Phi) is 4.08. The smallest absolute Gasteiger partial charge is 0.134 e. The molecule has 0 spiro atoms. The molecule has 1 aromatic carbocycles. The van der Waals surface area contributed by atoms with E-state index < -0.39 is 0 Å². The molecule has 1 saturated carbocycles. The molecule has 2 aromatic rings. The zero-order chi connectivity index (χ0) is 13.9. The molecule has 0 bridgehead atoms. The van der Waals surface area contributed by atoms with Crippen LogP contribution in [-0.2, 0) is 4.74 Å². The lowest BCUT2D eigenvalue weighted by atomic mass is 9.89. The van der Waals surface area contributed by atoms with E-state index in [0.717, 1.165) is 35.5 Å². The van der Waals surface area contributed by atoms with Crippen LogP contribution in [-0.4, -0.2) is 12.7 Å². The molecule has 3 rings (SSSR count). The van der Waals surface area contributed by atoms with E-state index in [0.29, 0.717) is 12.7 Å². The van der Waals surface area contributed by atoms with Crippen LogP contribution in [0.1, 0.15) is 44.4 Å². The highest BCUT2D eigenvalue weighted by molar-refractivity contribution is 5.77. The fraction of sp³-hybridized carbons (Fsp3) is 0.529. The zero-order valence-corrected chi connectivity index (χ0v) is 12.0. The predicted molar refractivity (Wildman–Crippen MR) is 80.5 cm³/mol. The van der Waals surface area contributed by atoms with Crippen LogP contribution < -0.4 is 5.73 Å². The van der Waals surface area contributed by atoms with Gasteiger partial charge >= 0.3 is 0 Å². The molecule has 1 heterocycles. The Morgan fingerprint density at radius 1 is 1.25 bits per heavy atom. The highest BCUT2D eigenvalue weighted by Crippen LogP contribution is 2.27. The Hall–Kier alpha value is -1.32. The van der Waals surface area contributed by atoms with Gasteiger partial charge in [-0.05, 0) is 43.7 Å². The van der Waals surface area contributed by atoms with Gasteiger partial charge < -0.3 is 14.9 Å². The first kappa shape index (κ1) is 13.7. The summed E-state index contributed by atoms with van der Waals surface area (Å²) < 4.78 is 11.7. The maximum absolute atomic E-state index is 6.18. The van der Waals surface area contributed by atoms with Crippen LogP contribution in [0, 0.1) is 5.92 Å². The summed E-state index contributed by atoms with van der Waals surface area (Å²) >= 11 is 0. The maximum atomic E-state index is 6.18. The molecule has 1 unspecified atom stereocenters. The van der Waals surface area contributed by atoms with Crippen LogP contribution in [0.15, 0.2) is 34.7 Å². The lowest BCUT2D eigenvalue weighted by molar-refractivity contribution is 0.0105. The minimum absolute atomic E-state index is 0.179. The van der Waals surface area contributed by atoms with Crippen molar-refractivity contribution in [2.45, 2.75) is 44.8 Å². The van der Waals surface area contributed by atoms with Gasteiger partial charge in [-0.2, -0.15) is 0 Å². The van der Waals surface area contributed by atoms with Gasteiger partial charge in [0.1, 0.15) is 11.3 Å². The fourth-order valence-electron chi connectivity index (χ4n) is 2.90. The normalized spacial score (nSPS) is 24.9. The average molecular weight is 273 g/mol. The molecule has 0 radical (unpaired) electrons. The van der Waals surface area contributed by atoms with E-state index in [2.05, 4.69) is 6.92 Å². The molecule has 1 atom stereocenters. The Balaban J connectivity index is 1.57. The van der Waals surface area contributed by atoms with Gasteiger partial charge in [0, 0.05) is 5.39 Å². The summed E-state index contributed by atoms with van der Waals surface area (Å²) in [6.45, 7) is 2.86. The highest BCUT2D eigenvalue weighted by atomic mass is 16.5. The summed E-state index contributed by atoms with van der Waals surface area (Å²) in [6, 6.07) is 9.83. The fourth-order valence-corrected chi connectivity index (χ4v) is 2.90. The Morgan fingerprint density at radius 2 is 2.00 bits per heavy atom. The van der Waals surface area contributed by atoms with Crippen LogP contribution in [0.3, 0.4) is 0 Å². The standard InChI is InChI=1S/C17H23NO2/c1-12-6-8-14(9-7-12)19-11-15(18)17-10-13-4-2-3-5-16(13)20-17/h2-5,10,12,14-15H,6-9,11,18H2,1H3. The van der Waals surface area contributed by atoms with Gasteiger partial charge in [-0.15, -0.1) is 0 Å². The van der Waals surface area contributed by atoms with Crippen molar-refractivity contribution < 1.29 is 9.15 Å². The summed E-state index contributed by atoms with van der Waals surface area (Å²) in [5.41, 5.74) is 7.08. The van der Waals surface area contributed by atoms with Gasteiger partial charge in [-0.3, -0.25) is 0 Å². The van der Waals surface area contributed by atoms with Crippen molar-refractivity contribution in [3.05, 3.63) is 36.1 Å². The van der Waals surface area contributed by atoms with Crippen molar-refractivity contribution in [2.75, 3.05) is 6.61 Å². The monoisotopic (exact) mass is 273 g/mol. The van der Waals surface area contributed by atoms with E-state index in [1.807, 2.05) is 30.3 Å². The van der Waals surface area contributed by atoms with Crippen LogP contribution >= 0.6 is 0 Å². The lowest BCUT2D eigenvalue weighted by Crippen LogP contribution is -2.25. The minimum atomic E-state index is -0.179. The van der Waals surface area contributed by atoms with Crippen LogP contribution in [0.5, 0.6) is 0 Å². The number of benzene rings is 1. The molecule has 0 amide bonds. The quantitative estimate of drug-likeness (QED) is 0.915. The van der Waals surface area contributed by atoms with Gasteiger partial charge in [0.15, 0.2) is 0 Å². The van der Waals surface area contributed by atoms with E-state index >= 15 is 0 Å². The number of hydrogen-bond donors (Lipinski definition) is 1. The van der Waals surface area contributed by atoms with Gasteiger partial charge in [0.2, 0.25) is 0 Å². The van der Waals surface area contributed by atoms with Gasteiger partial charge in [-0.25, -0.2) is 0 Å². The predicted octanol–water partition coefficient (Wildman–Crippen LogP) is 4.03. The summed E-state index contributed by atoms with van der Waals surface area (Å²) in [7, 11) is 0. The zero-order valence-electron chi connectivity index (χ0n) is 12.0. The minimum Gasteiger partial charge on any atom is -0.459 e. The molecule has 3 nitrogen and oxygen atoms in total. The molecule has 1 fully saturated rings. The van der Waals surface area contributed by atoms with Crippen molar-refractivity contribution in [1.82, 2.24) is 0 Å². The molecule has 1 aliphatic carbocycles. The van der Waals surface area contributed by atoms with Crippen molar-refractivity contribution in [3.8, 4) is 0 Å². The molecule has 3 heteroatoms. The highest BCUT2D eigenvalue weighted by Gasteiger charge is 2.20. The number of ether oxygens (including phenoxy) is 1. The van der Waals surface area contributed by atoms with Gasteiger partial charge in [-0.1, -0.05) is 25.1 Å². The van der Waals surface area contributed by atoms with E-state index in [4.69, 9.17) is 14.9 Å². The third-order valence-corrected chi connectivity index (χ3v) is 4.28. The van der Waals surface area contributed by atoms with Gasteiger partial charge in [0.05, 0.1) is 18.8 Å². The molecular weight excluding hydrogens is 250 g/mol. The Morgan fingerprint density at radius 3 is 2.75 bits per heavy atom. The second kappa shape index (κ2) is 5.98. The first-order valence-corrected chi connectivity index (χ1v) is 7.58. The first-order valence-electron chi connectivity index (χ1n) is 7.58. The molecular formula is C17H23NO2. The second-order valence-corrected chi connectivity index (χ2v) is 6.01. The summed E-state index contributed by atoms with van der Waals surface area (Å²) in [5.74, 6) is 1.66. The number of furan rings is 1. The van der Waals surface area contributed by atoms with E-state index in [9.17, 15) is 0 Å². The second-order valence-electron chi connectivity index (χ2n) is 6.01. The number of para-hydroxylation sites is 1. The molecule has 0 aliphatic heterocycles. The summed E-state index contributed by atoms with van der Waals surface area (Å²) in [4.78, 5) is 0. The largest absolute Gasteiger partial charge is 0.459 e.